The molecule has 0 aliphatic heterocycles. The predicted octanol–water partition coefficient (Wildman–Crippen LogP) is 2.20. The molecule has 2 aromatic rings. The van der Waals surface area contributed by atoms with E-state index in [0.29, 0.717) is 16.9 Å². The lowest BCUT2D eigenvalue weighted by Gasteiger charge is -2.10. The van der Waals surface area contributed by atoms with Gasteiger partial charge < -0.3 is 20.1 Å². The van der Waals surface area contributed by atoms with Gasteiger partial charge in [0.05, 0.1) is 18.9 Å². The van der Waals surface area contributed by atoms with Crippen LogP contribution in [0.1, 0.15) is 12.5 Å². The van der Waals surface area contributed by atoms with Gasteiger partial charge in [0.15, 0.2) is 11.5 Å². The summed E-state index contributed by atoms with van der Waals surface area (Å²) in [6, 6.07) is 3.64. The Hall–Kier alpha value is -2.17. The average Bonchev–Trinajstić information content (AvgIpc) is 2.76. The van der Waals surface area contributed by atoms with E-state index in [2.05, 4.69) is 5.16 Å². The molecule has 0 unspecified atom stereocenters. The van der Waals surface area contributed by atoms with Crippen molar-refractivity contribution in [3.05, 3.63) is 23.9 Å². The van der Waals surface area contributed by atoms with Gasteiger partial charge >= 0.3 is 0 Å². The Balaban J connectivity index is 2.64. The van der Waals surface area contributed by atoms with Crippen molar-refractivity contribution in [2.75, 3.05) is 12.8 Å². The van der Waals surface area contributed by atoms with Crippen LogP contribution in [0.3, 0.4) is 0 Å². The van der Waals surface area contributed by atoms with E-state index in [-0.39, 0.29) is 11.6 Å². The molecule has 0 spiro atoms. The van der Waals surface area contributed by atoms with Gasteiger partial charge in [-0.05, 0) is 24.1 Å². The minimum Gasteiger partial charge on any atom is -0.504 e. The minimum absolute atomic E-state index is 0.0413. The highest BCUT2D eigenvalue weighted by Gasteiger charge is 2.16. The van der Waals surface area contributed by atoms with E-state index in [9.17, 15) is 5.11 Å². The molecule has 0 saturated carbocycles. The first-order chi connectivity index (χ1) is 8.17. The normalized spacial score (nSPS) is 10.5. The number of nitrogens with two attached hydrogens (primary N) is 1. The number of rotatable bonds is 3. The molecule has 0 aliphatic rings. The number of aryl methyl sites for hydroxylation is 1. The molecule has 1 aromatic carbocycles. The number of nitrogen functional groups attached to an aromatic ring is 1. The van der Waals surface area contributed by atoms with Crippen molar-refractivity contribution in [1.82, 2.24) is 5.16 Å². The summed E-state index contributed by atoms with van der Waals surface area (Å²) in [4.78, 5) is 0. The van der Waals surface area contributed by atoms with E-state index in [1.165, 1.54) is 13.3 Å². The van der Waals surface area contributed by atoms with E-state index < -0.39 is 0 Å². The van der Waals surface area contributed by atoms with E-state index >= 15 is 0 Å². The number of phenols is 1. The number of benzene rings is 1. The van der Waals surface area contributed by atoms with Gasteiger partial charge in [0.1, 0.15) is 0 Å². The van der Waals surface area contributed by atoms with Gasteiger partial charge in [0, 0.05) is 5.56 Å². The smallest absolute Gasteiger partial charge is 0.230 e. The zero-order chi connectivity index (χ0) is 12.4. The van der Waals surface area contributed by atoms with Gasteiger partial charge in [-0.2, -0.15) is 0 Å². The number of aromatic nitrogens is 1. The van der Waals surface area contributed by atoms with E-state index in [0.717, 1.165) is 12.0 Å². The van der Waals surface area contributed by atoms with Crippen LogP contribution in [0.5, 0.6) is 11.5 Å². The Bertz CT molecular complexity index is 535. The number of nitrogens with zero attached hydrogens (tertiary/aromatic N) is 1. The first kappa shape index (κ1) is 11.3. The fraction of sp³-hybridized carbons (Fsp3) is 0.250. The van der Waals surface area contributed by atoms with Crippen LogP contribution in [-0.2, 0) is 6.42 Å². The third-order valence-corrected chi connectivity index (χ3v) is 2.65. The highest BCUT2D eigenvalue weighted by atomic mass is 16.5. The maximum Gasteiger partial charge on any atom is 0.230 e. The van der Waals surface area contributed by atoms with Crippen molar-refractivity contribution >= 4 is 5.88 Å². The third-order valence-electron chi connectivity index (χ3n) is 2.65. The van der Waals surface area contributed by atoms with Crippen molar-refractivity contribution in [2.24, 2.45) is 0 Å². The summed E-state index contributed by atoms with van der Waals surface area (Å²) >= 11 is 0. The lowest BCUT2D eigenvalue weighted by atomic mass is 10.0. The molecule has 17 heavy (non-hydrogen) atoms. The summed E-state index contributed by atoms with van der Waals surface area (Å²) in [6.45, 7) is 2.02. The Morgan fingerprint density at radius 2 is 2.18 bits per heavy atom. The lowest BCUT2D eigenvalue weighted by molar-refractivity contribution is 0.374. The van der Waals surface area contributed by atoms with Crippen LogP contribution in [0, 0.1) is 0 Å². The fourth-order valence-corrected chi connectivity index (χ4v) is 1.68. The Kier molecular flexibility index (Phi) is 2.91. The van der Waals surface area contributed by atoms with Crippen LogP contribution in [0.4, 0.5) is 5.88 Å². The van der Waals surface area contributed by atoms with Crippen LogP contribution >= 0.6 is 0 Å². The number of aromatic hydroxyl groups is 1. The molecule has 3 N–H and O–H groups in total. The molecule has 5 nitrogen and oxygen atoms in total. The molecule has 0 radical (unpaired) electrons. The maximum atomic E-state index is 10.1. The molecular weight excluding hydrogens is 220 g/mol. The summed E-state index contributed by atoms with van der Waals surface area (Å²) < 4.78 is 9.92. The number of hydrogen-bond donors (Lipinski definition) is 2. The van der Waals surface area contributed by atoms with Crippen LogP contribution in [0.2, 0.25) is 0 Å². The standard InChI is InChI=1S/C12H14N2O3/c1-3-7-4-8(9-6-14-17-12(9)13)11(15)10(5-7)16-2/h4-6,15H,3,13H2,1-2H3. The SMILES string of the molecule is CCc1cc(OC)c(O)c(-c2cnoc2N)c1. The monoisotopic (exact) mass is 234 g/mol. The van der Waals surface area contributed by atoms with Gasteiger partial charge in [0.25, 0.3) is 0 Å². The summed E-state index contributed by atoms with van der Waals surface area (Å²) in [6.07, 6.45) is 2.30. The third kappa shape index (κ3) is 1.91. The van der Waals surface area contributed by atoms with Crippen LogP contribution in [-0.4, -0.2) is 17.4 Å². The van der Waals surface area contributed by atoms with Crippen molar-refractivity contribution in [1.29, 1.82) is 0 Å². The fourth-order valence-electron chi connectivity index (χ4n) is 1.68. The van der Waals surface area contributed by atoms with Crippen LogP contribution < -0.4 is 10.5 Å². The molecule has 2 rings (SSSR count). The summed E-state index contributed by atoms with van der Waals surface area (Å²) in [5, 5.41) is 13.7. The molecule has 1 heterocycles. The van der Waals surface area contributed by atoms with Crippen molar-refractivity contribution < 1.29 is 14.4 Å². The van der Waals surface area contributed by atoms with E-state index in [1.54, 1.807) is 6.07 Å². The largest absolute Gasteiger partial charge is 0.504 e. The topological polar surface area (TPSA) is 81.5 Å². The Morgan fingerprint density at radius 1 is 1.41 bits per heavy atom. The summed E-state index contributed by atoms with van der Waals surface area (Å²) in [5.74, 6) is 0.634. The number of anilines is 1. The molecule has 0 atom stereocenters. The Labute approximate surface area is 98.8 Å². The van der Waals surface area contributed by atoms with Crippen LogP contribution in [0.25, 0.3) is 11.1 Å². The molecule has 1 aromatic heterocycles. The van der Waals surface area contributed by atoms with Crippen molar-refractivity contribution in [3.63, 3.8) is 0 Å². The van der Waals surface area contributed by atoms with Gasteiger partial charge in [-0.3, -0.25) is 0 Å². The highest BCUT2D eigenvalue weighted by Crippen LogP contribution is 2.40. The lowest BCUT2D eigenvalue weighted by Crippen LogP contribution is -1.92. The van der Waals surface area contributed by atoms with Gasteiger partial charge in [-0.25, -0.2) is 0 Å². The second-order valence-electron chi connectivity index (χ2n) is 3.65. The second kappa shape index (κ2) is 4.37. The summed E-state index contributed by atoms with van der Waals surface area (Å²) in [7, 11) is 1.51. The zero-order valence-electron chi connectivity index (χ0n) is 9.73. The number of ether oxygens (including phenoxy) is 1. The summed E-state index contributed by atoms with van der Waals surface area (Å²) in [5.41, 5.74) is 7.82. The highest BCUT2D eigenvalue weighted by molar-refractivity contribution is 5.79. The number of methoxy groups -OCH3 is 1. The Morgan fingerprint density at radius 3 is 2.71 bits per heavy atom. The van der Waals surface area contributed by atoms with Gasteiger partial charge in [-0.1, -0.05) is 12.1 Å². The number of hydrogen-bond acceptors (Lipinski definition) is 5. The molecule has 5 heteroatoms. The molecule has 90 valence electrons. The molecule has 0 saturated heterocycles. The number of phenolic OH excluding ortho intramolecular Hbond substituents is 1. The first-order valence-corrected chi connectivity index (χ1v) is 5.27. The van der Waals surface area contributed by atoms with Crippen molar-refractivity contribution in [2.45, 2.75) is 13.3 Å². The molecular formula is C12H14N2O3. The van der Waals surface area contributed by atoms with Crippen molar-refractivity contribution in [3.8, 4) is 22.6 Å². The molecule has 0 aliphatic carbocycles. The molecule has 0 amide bonds. The van der Waals surface area contributed by atoms with Gasteiger partial charge in [0.2, 0.25) is 5.88 Å². The molecule has 0 fully saturated rings. The minimum atomic E-state index is 0.0413. The van der Waals surface area contributed by atoms with Gasteiger partial charge in [-0.15, -0.1) is 0 Å². The van der Waals surface area contributed by atoms with E-state index in [1.807, 2.05) is 13.0 Å². The van der Waals surface area contributed by atoms with E-state index in [4.69, 9.17) is 15.0 Å². The first-order valence-electron chi connectivity index (χ1n) is 5.27. The second-order valence-corrected chi connectivity index (χ2v) is 3.65. The van der Waals surface area contributed by atoms with Crippen LogP contribution in [0.15, 0.2) is 22.9 Å². The zero-order valence-corrected chi connectivity index (χ0v) is 9.73. The quantitative estimate of drug-likeness (QED) is 0.850. The predicted molar refractivity (Wildman–Crippen MR) is 63.9 cm³/mol. The maximum absolute atomic E-state index is 10.1. The average molecular weight is 234 g/mol. The molecule has 0 bridgehead atoms.